The van der Waals surface area contributed by atoms with Crippen LogP contribution in [0.1, 0.15) is 5.56 Å². The molecule has 122 valence electrons. The summed E-state index contributed by atoms with van der Waals surface area (Å²) in [4.78, 5) is -0.130. The van der Waals surface area contributed by atoms with Gasteiger partial charge in [0.1, 0.15) is 4.90 Å². The number of benzene rings is 2. The first-order valence-electron chi connectivity index (χ1n) is 6.39. The van der Waals surface area contributed by atoms with E-state index >= 15 is 0 Å². The van der Waals surface area contributed by atoms with Gasteiger partial charge in [-0.05, 0) is 29.8 Å². The smallest absolute Gasteiger partial charge is 0.242 e. The predicted octanol–water partition coefficient (Wildman–Crippen LogP) is 3.85. The van der Waals surface area contributed by atoms with Gasteiger partial charge in [-0.15, -0.1) is 0 Å². The largest absolute Gasteiger partial charge is 0.454 e. The third-order valence-electron chi connectivity index (χ3n) is 3.17. The Balaban J connectivity index is 1.81. The molecular formula is C14H10Cl3NO4S. The Morgan fingerprint density at radius 1 is 0.957 bits per heavy atom. The van der Waals surface area contributed by atoms with Crippen LogP contribution in [0.4, 0.5) is 0 Å². The molecule has 9 heteroatoms. The standard InChI is InChI=1S/C14H10Cl3NO4S/c15-9-4-11(17)14(5-10(9)16)23(19,20)18-6-8-1-2-12-13(3-8)22-7-21-12/h1-5,18H,6-7H2. The van der Waals surface area contributed by atoms with Crippen molar-refractivity contribution in [2.24, 2.45) is 0 Å². The van der Waals surface area contributed by atoms with E-state index in [1.54, 1.807) is 18.2 Å². The number of fused-ring (bicyclic) bond motifs is 1. The van der Waals surface area contributed by atoms with Gasteiger partial charge in [0, 0.05) is 6.54 Å². The molecule has 0 unspecified atom stereocenters. The van der Waals surface area contributed by atoms with Crippen LogP contribution in [0.25, 0.3) is 0 Å². The van der Waals surface area contributed by atoms with E-state index in [1.165, 1.54) is 12.1 Å². The number of ether oxygens (including phenoxy) is 2. The number of nitrogens with one attached hydrogen (secondary N) is 1. The normalized spacial score (nSPS) is 13.3. The topological polar surface area (TPSA) is 64.6 Å². The Morgan fingerprint density at radius 3 is 2.43 bits per heavy atom. The van der Waals surface area contributed by atoms with E-state index in [1.807, 2.05) is 0 Å². The molecule has 0 saturated carbocycles. The summed E-state index contributed by atoms with van der Waals surface area (Å²) in [6, 6.07) is 7.68. The van der Waals surface area contributed by atoms with Crippen LogP contribution in [0.3, 0.4) is 0 Å². The second-order valence-electron chi connectivity index (χ2n) is 4.71. The first-order chi connectivity index (χ1) is 10.9. The number of hydrogen-bond acceptors (Lipinski definition) is 4. The Bertz CT molecular complexity index is 871. The van der Waals surface area contributed by atoms with Gasteiger partial charge in [0.2, 0.25) is 16.8 Å². The Labute approximate surface area is 148 Å². The Morgan fingerprint density at radius 2 is 1.65 bits per heavy atom. The van der Waals surface area contributed by atoms with Crippen LogP contribution in [0.15, 0.2) is 35.2 Å². The minimum absolute atomic E-state index is 0.00223. The van der Waals surface area contributed by atoms with Gasteiger partial charge in [0.05, 0.1) is 15.1 Å². The zero-order valence-corrected chi connectivity index (χ0v) is 14.6. The van der Waals surface area contributed by atoms with E-state index in [9.17, 15) is 8.42 Å². The van der Waals surface area contributed by atoms with Crippen LogP contribution in [-0.4, -0.2) is 15.2 Å². The van der Waals surface area contributed by atoms with Crippen LogP contribution in [0.2, 0.25) is 15.1 Å². The fraction of sp³-hybridized carbons (Fsp3) is 0.143. The third kappa shape index (κ3) is 3.51. The van der Waals surface area contributed by atoms with E-state index in [0.29, 0.717) is 17.1 Å². The lowest BCUT2D eigenvalue weighted by molar-refractivity contribution is 0.174. The molecule has 1 aliphatic heterocycles. The summed E-state index contributed by atoms with van der Waals surface area (Å²) in [7, 11) is -3.84. The van der Waals surface area contributed by atoms with Gasteiger partial charge in [-0.1, -0.05) is 40.9 Å². The molecule has 0 fully saturated rings. The average molecular weight is 395 g/mol. The highest BCUT2D eigenvalue weighted by molar-refractivity contribution is 7.89. The van der Waals surface area contributed by atoms with Crippen molar-refractivity contribution < 1.29 is 17.9 Å². The van der Waals surface area contributed by atoms with Crippen LogP contribution in [-0.2, 0) is 16.6 Å². The summed E-state index contributed by atoms with van der Waals surface area (Å²) in [6.45, 7) is 0.221. The van der Waals surface area contributed by atoms with Gasteiger partial charge in [-0.3, -0.25) is 0 Å². The molecule has 0 aliphatic carbocycles. The third-order valence-corrected chi connectivity index (χ3v) is 5.76. The molecular weight excluding hydrogens is 385 g/mol. The molecule has 0 saturated heterocycles. The minimum Gasteiger partial charge on any atom is -0.454 e. The molecule has 0 atom stereocenters. The lowest BCUT2D eigenvalue weighted by atomic mass is 10.2. The molecule has 0 spiro atoms. The van der Waals surface area contributed by atoms with Crippen molar-refractivity contribution >= 4 is 44.8 Å². The molecule has 3 rings (SSSR count). The SMILES string of the molecule is O=S(=O)(NCc1ccc2c(c1)OCO2)c1cc(Cl)c(Cl)cc1Cl. The maximum absolute atomic E-state index is 12.4. The van der Waals surface area contributed by atoms with Crippen LogP contribution >= 0.6 is 34.8 Å². The summed E-state index contributed by atoms with van der Waals surface area (Å²) in [5.41, 5.74) is 0.717. The highest BCUT2D eigenvalue weighted by Gasteiger charge is 2.20. The van der Waals surface area contributed by atoms with E-state index in [2.05, 4.69) is 4.72 Å². The fourth-order valence-corrected chi connectivity index (χ4v) is 4.03. The van der Waals surface area contributed by atoms with Crippen molar-refractivity contribution in [1.82, 2.24) is 4.72 Å². The Kier molecular flexibility index (Phi) is 4.62. The van der Waals surface area contributed by atoms with Gasteiger partial charge < -0.3 is 9.47 Å². The summed E-state index contributed by atoms with van der Waals surface area (Å²) in [5, 5.41) is 0.295. The second-order valence-corrected chi connectivity index (χ2v) is 7.67. The second kappa shape index (κ2) is 6.37. The van der Waals surface area contributed by atoms with E-state index < -0.39 is 10.0 Å². The van der Waals surface area contributed by atoms with E-state index in [-0.39, 0.29) is 33.3 Å². The molecule has 0 radical (unpaired) electrons. The van der Waals surface area contributed by atoms with Crippen molar-refractivity contribution in [1.29, 1.82) is 0 Å². The number of rotatable bonds is 4. The van der Waals surface area contributed by atoms with Crippen molar-refractivity contribution in [2.45, 2.75) is 11.4 Å². The molecule has 0 bridgehead atoms. The first kappa shape index (κ1) is 16.7. The van der Waals surface area contributed by atoms with Crippen LogP contribution in [0, 0.1) is 0 Å². The van der Waals surface area contributed by atoms with Crippen molar-refractivity contribution in [3.8, 4) is 11.5 Å². The van der Waals surface area contributed by atoms with Crippen molar-refractivity contribution in [3.05, 3.63) is 51.0 Å². The highest BCUT2D eigenvalue weighted by Crippen LogP contribution is 2.33. The summed E-state index contributed by atoms with van der Waals surface area (Å²) in [5.74, 6) is 1.21. The van der Waals surface area contributed by atoms with Crippen LogP contribution < -0.4 is 14.2 Å². The van der Waals surface area contributed by atoms with Gasteiger partial charge >= 0.3 is 0 Å². The minimum atomic E-state index is -3.84. The first-order valence-corrected chi connectivity index (χ1v) is 9.01. The van der Waals surface area contributed by atoms with Gasteiger partial charge in [0.25, 0.3) is 0 Å². The van der Waals surface area contributed by atoms with Gasteiger partial charge in [-0.25, -0.2) is 13.1 Å². The lowest BCUT2D eigenvalue weighted by Gasteiger charge is -2.10. The maximum Gasteiger partial charge on any atom is 0.242 e. The molecule has 2 aromatic carbocycles. The molecule has 1 aliphatic rings. The highest BCUT2D eigenvalue weighted by atomic mass is 35.5. The summed E-state index contributed by atoms with van der Waals surface area (Å²) in [6.07, 6.45) is 0. The van der Waals surface area contributed by atoms with E-state index in [4.69, 9.17) is 44.3 Å². The zero-order valence-electron chi connectivity index (χ0n) is 11.5. The number of halogens is 3. The monoisotopic (exact) mass is 393 g/mol. The zero-order chi connectivity index (χ0) is 16.6. The van der Waals surface area contributed by atoms with Gasteiger partial charge in [-0.2, -0.15) is 0 Å². The average Bonchev–Trinajstić information content (AvgIpc) is 2.96. The molecule has 1 N–H and O–H groups in total. The fourth-order valence-electron chi connectivity index (χ4n) is 2.02. The predicted molar refractivity (Wildman–Crippen MR) is 88.1 cm³/mol. The van der Waals surface area contributed by atoms with Crippen LogP contribution in [0.5, 0.6) is 11.5 Å². The Hall–Kier alpha value is -1.18. The molecule has 23 heavy (non-hydrogen) atoms. The molecule has 0 amide bonds. The van der Waals surface area contributed by atoms with Crippen molar-refractivity contribution in [2.75, 3.05) is 6.79 Å². The molecule has 2 aromatic rings. The number of sulfonamides is 1. The summed E-state index contributed by atoms with van der Waals surface area (Å²) < 4.78 is 37.7. The molecule has 0 aromatic heterocycles. The van der Waals surface area contributed by atoms with Gasteiger partial charge in [0.15, 0.2) is 11.5 Å². The molecule has 5 nitrogen and oxygen atoms in total. The summed E-state index contributed by atoms with van der Waals surface area (Å²) >= 11 is 17.6. The van der Waals surface area contributed by atoms with E-state index in [0.717, 1.165) is 0 Å². The lowest BCUT2D eigenvalue weighted by Crippen LogP contribution is -2.23. The molecule has 1 heterocycles. The quantitative estimate of drug-likeness (QED) is 0.800. The maximum atomic E-state index is 12.4. The van der Waals surface area contributed by atoms with Crippen molar-refractivity contribution in [3.63, 3.8) is 0 Å². The number of hydrogen-bond donors (Lipinski definition) is 1.